The van der Waals surface area contributed by atoms with Crippen LogP contribution >= 0.6 is 12.2 Å². The van der Waals surface area contributed by atoms with Gasteiger partial charge in [0.15, 0.2) is 5.11 Å². The van der Waals surface area contributed by atoms with E-state index in [1.807, 2.05) is 27.1 Å². The molecule has 1 heterocycles. The third kappa shape index (κ3) is 4.14. The first-order valence-electron chi connectivity index (χ1n) is 5.51. The highest BCUT2D eigenvalue weighted by Crippen LogP contribution is 2.14. The number of aryl methyl sites for hydroxylation is 2. The van der Waals surface area contributed by atoms with Crippen molar-refractivity contribution < 1.29 is 0 Å². The summed E-state index contributed by atoms with van der Waals surface area (Å²) in [6.45, 7) is 5.51. The van der Waals surface area contributed by atoms with E-state index in [0.717, 1.165) is 30.3 Å². The Morgan fingerprint density at radius 3 is 2.76 bits per heavy atom. The Bertz CT molecular complexity index is 393. The second kappa shape index (κ2) is 6.34. The molecule has 0 saturated carbocycles. The van der Waals surface area contributed by atoms with Crippen LogP contribution in [0.4, 0.5) is 5.69 Å². The van der Waals surface area contributed by atoms with Crippen LogP contribution in [0, 0.1) is 13.8 Å². The van der Waals surface area contributed by atoms with Gasteiger partial charge in [0, 0.05) is 27.2 Å². The van der Waals surface area contributed by atoms with E-state index in [0.29, 0.717) is 5.11 Å². The summed E-state index contributed by atoms with van der Waals surface area (Å²) in [7, 11) is 3.82. The maximum Gasteiger partial charge on any atom is 0.166 e. The number of nitrogens with one attached hydrogen (secondary N) is 2. The molecule has 0 spiro atoms. The smallest absolute Gasteiger partial charge is 0.166 e. The Morgan fingerprint density at radius 1 is 1.47 bits per heavy atom. The second-order valence-corrected chi connectivity index (χ2v) is 4.22. The SMILES string of the molecule is CNC(=S)NCCN(C)c1cnc(C)nc1C. The monoisotopic (exact) mass is 253 g/mol. The molecule has 94 valence electrons. The summed E-state index contributed by atoms with van der Waals surface area (Å²) in [6, 6.07) is 0. The van der Waals surface area contributed by atoms with E-state index >= 15 is 0 Å². The molecule has 1 aromatic heterocycles. The average Bonchev–Trinajstić information content (AvgIpc) is 2.28. The van der Waals surface area contributed by atoms with Crippen LogP contribution in [-0.4, -0.2) is 42.3 Å². The molecule has 0 aromatic carbocycles. The number of hydrogen-bond acceptors (Lipinski definition) is 4. The van der Waals surface area contributed by atoms with Gasteiger partial charge in [-0.2, -0.15) is 0 Å². The van der Waals surface area contributed by atoms with E-state index in [1.165, 1.54) is 0 Å². The van der Waals surface area contributed by atoms with Crippen LogP contribution in [0.3, 0.4) is 0 Å². The molecule has 0 aliphatic rings. The predicted octanol–water partition coefficient (Wildman–Crippen LogP) is 0.624. The van der Waals surface area contributed by atoms with Crippen LogP contribution in [0.1, 0.15) is 11.5 Å². The predicted molar refractivity (Wildman–Crippen MR) is 74.4 cm³/mol. The van der Waals surface area contributed by atoms with Gasteiger partial charge in [-0.15, -0.1) is 0 Å². The standard InChI is InChI=1S/C11H19N5S/c1-8-10(7-14-9(2)15-8)16(4)6-5-13-11(17)12-3/h7H,5-6H2,1-4H3,(H2,12,13,17). The molecular weight excluding hydrogens is 234 g/mol. The number of thiocarbonyl (C=S) groups is 1. The Labute approximate surface area is 108 Å². The molecule has 0 amide bonds. The average molecular weight is 253 g/mol. The minimum atomic E-state index is 0.662. The molecule has 0 unspecified atom stereocenters. The summed E-state index contributed by atoms with van der Waals surface area (Å²) in [5.74, 6) is 0.800. The minimum absolute atomic E-state index is 0.662. The lowest BCUT2D eigenvalue weighted by Gasteiger charge is -2.21. The van der Waals surface area contributed by atoms with Crippen molar-refractivity contribution in [2.75, 3.05) is 32.1 Å². The Morgan fingerprint density at radius 2 is 2.18 bits per heavy atom. The van der Waals surface area contributed by atoms with Crippen LogP contribution in [0.25, 0.3) is 0 Å². The second-order valence-electron chi connectivity index (χ2n) is 3.82. The van der Waals surface area contributed by atoms with Crippen molar-refractivity contribution in [3.63, 3.8) is 0 Å². The van der Waals surface area contributed by atoms with Gasteiger partial charge < -0.3 is 15.5 Å². The van der Waals surface area contributed by atoms with E-state index in [-0.39, 0.29) is 0 Å². The molecule has 0 aliphatic carbocycles. The summed E-state index contributed by atoms with van der Waals surface area (Å²) in [6.07, 6.45) is 1.86. The quantitative estimate of drug-likeness (QED) is 0.768. The van der Waals surface area contributed by atoms with Crippen LogP contribution in [0.5, 0.6) is 0 Å². The van der Waals surface area contributed by atoms with Crippen molar-refractivity contribution in [3.05, 3.63) is 17.7 Å². The van der Waals surface area contributed by atoms with Gasteiger partial charge in [-0.1, -0.05) is 0 Å². The maximum atomic E-state index is 5.00. The molecule has 1 rings (SSSR count). The van der Waals surface area contributed by atoms with Crippen molar-refractivity contribution >= 4 is 23.0 Å². The Hall–Kier alpha value is -1.43. The Kier molecular flexibility index (Phi) is 5.09. The summed E-state index contributed by atoms with van der Waals surface area (Å²) >= 11 is 5.00. The molecule has 17 heavy (non-hydrogen) atoms. The van der Waals surface area contributed by atoms with E-state index < -0.39 is 0 Å². The highest BCUT2D eigenvalue weighted by Gasteiger charge is 2.06. The highest BCUT2D eigenvalue weighted by molar-refractivity contribution is 7.80. The van der Waals surface area contributed by atoms with Gasteiger partial charge in [0.2, 0.25) is 0 Å². The molecule has 0 radical (unpaired) electrons. The van der Waals surface area contributed by atoms with Crippen molar-refractivity contribution in [2.45, 2.75) is 13.8 Å². The molecule has 0 aliphatic heterocycles. The number of rotatable bonds is 4. The third-order valence-corrected chi connectivity index (χ3v) is 2.79. The molecular formula is C11H19N5S. The van der Waals surface area contributed by atoms with Gasteiger partial charge in [0.05, 0.1) is 17.6 Å². The van der Waals surface area contributed by atoms with Gasteiger partial charge in [0.25, 0.3) is 0 Å². The number of hydrogen-bond donors (Lipinski definition) is 2. The lowest BCUT2D eigenvalue weighted by atomic mass is 10.3. The third-order valence-electron chi connectivity index (χ3n) is 2.44. The van der Waals surface area contributed by atoms with Gasteiger partial charge in [-0.05, 0) is 26.1 Å². The topological polar surface area (TPSA) is 53.1 Å². The van der Waals surface area contributed by atoms with E-state index in [2.05, 4.69) is 25.5 Å². The summed E-state index contributed by atoms with van der Waals surface area (Å²) in [4.78, 5) is 10.7. The van der Waals surface area contributed by atoms with Crippen LogP contribution in [0.15, 0.2) is 6.20 Å². The van der Waals surface area contributed by atoms with Crippen LogP contribution in [-0.2, 0) is 0 Å². The van der Waals surface area contributed by atoms with Gasteiger partial charge in [-0.25, -0.2) is 9.97 Å². The number of anilines is 1. The van der Waals surface area contributed by atoms with E-state index in [1.54, 1.807) is 7.05 Å². The maximum absolute atomic E-state index is 5.00. The van der Waals surface area contributed by atoms with E-state index in [9.17, 15) is 0 Å². The number of nitrogens with zero attached hydrogens (tertiary/aromatic N) is 3. The number of aromatic nitrogens is 2. The number of likely N-dealkylation sites (N-methyl/N-ethyl adjacent to an activating group) is 1. The molecule has 6 heteroatoms. The molecule has 5 nitrogen and oxygen atoms in total. The summed E-state index contributed by atoms with van der Waals surface area (Å²) in [5.41, 5.74) is 2.05. The fourth-order valence-electron chi connectivity index (χ4n) is 1.50. The van der Waals surface area contributed by atoms with E-state index in [4.69, 9.17) is 12.2 Å². The molecule has 0 bridgehead atoms. The highest BCUT2D eigenvalue weighted by atomic mass is 32.1. The summed E-state index contributed by atoms with van der Waals surface area (Å²) in [5, 5.41) is 6.64. The lowest BCUT2D eigenvalue weighted by molar-refractivity contribution is 0.804. The zero-order valence-electron chi connectivity index (χ0n) is 10.7. The van der Waals surface area contributed by atoms with Gasteiger partial charge in [-0.3, -0.25) is 0 Å². The summed E-state index contributed by atoms with van der Waals surface area (Å²) < 4.78 is 0. The zero-order chi connectivity index (χ0) is 12.8. The first-order chi connectivity index (χ1) is 8.04. The van der Waals surface area contributed by atoms with Crippen molar-refractivity contribution in [1.82, 2.24) is 20.6 Å². The van der Waals surface area contributed by atoms with Crippen LogP contribution < -0.4 is 15.5 Å². The zero-order valence-corrected chi connectivity index (χ0v) is 11.6. The fraction of sp³-hybridized carbons (Fsp3) is 0.545. The minimum Gasteiger partial charge on any atom is -0.370 e. The first kappa shape index (κ1) is 13.6. The largest absolute Gasteiger partial charge is 0.370 e. The molecule has 2 N–H and O–H groups in total. The molecule has 0 saturated heterocycles. The lowest BCUT2D eigenvalue weighted by Crippen LogP contribution is -2.37. The fourth-order valence-corrected chi connectivity index (χ4v) is 1.60. The van der Waals surface area contributed by atoms with Crippen molar-refractivity contribution in [1.29, 1.82) is 0 Å². The van der Waals surface area contributed by atoms with Crippen molar-refractivity contribution in [3.8, 4) is 0 Å². The first-order valence-corrected chi connectivity index (χ1v) is 5.92. The molecule has 1 aromatic rings. The molecule has 0 atom stereocenters. The van der Waals surface area contributed by atoms with Crippen LogP contribution in [0.2, 0.25) is 0 Å². The van der Waals surface area contributed by atoms with Gasteiger partial charge >= 0.3 is 0 Å². The van der Waals surface area contributed by atoms with Gasteiger partial charge in [0.1, 0.15) is 5.82 Å². The normalized spacial score (nSPS) is 9.88. The molecule has 0 fully saturated rings. The van der Waals surface area contributed by atoms with Crippen molar-refractivity contribution in [2.24, 2.45) is 0 Å². The Balaban J connectivity index is 2.52.